The maximum Gasteiger partial charge on any atom is 0.394 e. The van der Waals surface area contributed by atoms with Crippen LogP contribution in [0.3, 0.4) is 0 Å². The molecule has 0 spiro atoms. The molecule has 1 aromatic heterocycles. The summed E-state index contributed by atoms with van der Waals surface area (Å²) in [6.45, 7) is 0.667. The molecule has 1 amide bonds. The average Bonchev–Trinajstić information content (AvgIpc) is 3.10. The van der Waals surface area contributed by atoms with E-state index in [1.165, 1.54) is 0 Å². The summed E-state index contributed by atoms with van der Waals surface area (Å²) in [5.74, 6) is -5.69. The fourth-order valence-corrected chi connectivity index (χ4v) is 3.38. The van der Waals surface area contributed by atoms with Crippen LogP contribution in [-0.2, 0) is 16.1 Å². The second-order valence-corrected chi connectivity index (χ2v) is 6.32. The Kier molecular flexibility index (Phi) is 4.22. The molecule has 2 heterocycles. The molecule has 1 aliphatic rings. The minimum absolute atomic E-state index is 0.115. The van der Waals surface area contributed by atoms with Crippen molar-refractivity contribution in [3.63, 3.8) is 0 Å². The second kappa shape index (κ2) is 6.09. The molecule has 2 atom stereocenters. The Labute approximate surface area is 141 Å². The lowest BCUT2D eigenvalue weighted by molar-refractivity contribution is -0.188. The summed E-state index contributed by atoms with van der Waals surface area (Å²) in [5, 5.41) is 9.98. The number of hydrogen-bond donors (Lipinski definition) is 1. The topological polar surface area (TPSA) is 62.5 Å². The summed E-state index contributed by atoms with van der Waals surface area (Å²) >= 11 is 0. The number of aromatic nitrogens is 1. The minimum atomic E-state index is -4.64. The molecule has 25 heavy (non-hydrogen) atoms. The Balaban J connectivity index is 1.82. The molecule has 0 unspecified atom stereocenters. The molecule has 134 valence electrons. The molecule has 0 saturated carbocycles. The molecular formula is C17H17F3N2O3. The highest BCUT2D eigenvalue weighted by Gasteiger charge is 2.53. The molecule has 3 rings (SSSR count). The monoisotopic (exact) mass is 354 g/mol. The highest BCUT2D eigenvalue weighted by molar-refractivity contribution is 5.85. The lowest BCUT2D eigenvalue weighted by Crippen LogP contribution is -2.34. The number of carboxylic acids is 1. The van der Waals surface area contributed by atoms with E-state index in [4.69, 9.17) is 5.11 Å². The first-order valence-corrected chi connectivity index (χ1v) is 7.80. The third kappa shape index (κ3) is 3.20. The smallest absolute Gasteiger partial charge is 0.394 e. The van der Waals surface area contributed by atoms with Crippen molar-refractivity contribution in [3.8, 4) is 0 Å². The Morgan fingerprint density at radius 3 is 2.52 bits per heavy atom. The first-order valence-electron chi connectivity index (χ1n) is 7.80. The Morgan fingerprint density at radius 2 is 1.92 bits per heavy atom. The zero-order valence-electron chi connectivity index (χ0n) is 13.5. The van der Waals surface area contributed by atoms with Crippen LogP contribution >= 0.6 is 0 Å². The maximum absolute atomic E-state index is 13.1. The van der Waals surface area contributed by atoms with Crippen molar-refractivity contribution in [2.45, 2.75) is 19.6 Å². The van der Waals surface area contributed by atoms with Gasteiger partial charge in [0.2, 0.25) is 5.91 Å². The third-order valence-corrected chi connectivity index (χ3v) is 4.72. The van der Waals surface area contributed by atoms with Gasteiger partial charge in [-0.15, -0.1) is 0 Å². The van der Waals surface area contributed by atoms with E-state index >= 15 is 0 Å². The molecule has 0 bridgehead atoms. The Bertz CT molecular complexity index is 828. The predicted molar refractivity (Wildman–Crippen MR) is 83.9 cm³/mol. The van der Waals surface area contributed by atoms with E-state index in [0.717, 1.165) is 21.5 Å². The van der Waals surface area contributed by atoms with Crippen molar-refractivity contribution in [2.24, 2.45) is 11.8 Å². The number of hydrogen-bond acceptors (Lipinski definition) is 2. The molecule has 5 nitrogen and oxygen atoms in total. The lowest BCUT2D eigenvalue weighted by atomic mass is 9.96. The molecule has 1 saturated heterocycles. The number of halogens is 3. The molecule has 1 N–H and O–H groups in total. The van der Waals surface area contributed by atoms with Crippen LogP contribution in [0.5, 0.6) is 0 Å². The Morgan fingerprint density at radius 1 is 1.24 bits per heavy atom. The van der Waals surface area contributed by atoms with Crippen LogP contribution in [0.4, 0.5) is 13.2 Å². The van der Waals surface area contributed by atoms with Gasteiger partial charge >= 0.3 is 12.1 Å². The molecule has 2 aromatic rings. The number of aliphatic carboxylic acids is 1. The quantitative estimate of drug-likeness (QED) is 0.922. The van der Waals surface area contributed by atoms with Crippen LogP contribution in [0.25, 0.3) is 10.9 Å². The summed E-state index contributed by atoms with van der Waals surface area (Å²) < 4.78 is 40.9. The summed E-state index contributed by atoms with van der Waals surface area (Å²) in [7, 11) is 0. The minimum Gasteiger partial charge on any atom is -0.481 e. The number of alkyl halides is 3. The normalized spacial score (nSPS) is 21.0. The molecular weight excluding hydrogens is 337 g/mol. The van der Waals surface area contributed by atoms with Gasteiger partial charge in [0, 0.05) is 24.3 Å². The molecule has 1 aromatic carbocycles. The average molecular weight is 354 g/mol. The number of para-hydroxylation sites is 1. The first kappa shape index (κ1) is 17.3. The zero-order chi connectivity index (χ0) is 18.4. The van der Waals surface area contributed by atoms with Crippen LogP contribution in [0.2, 0.25) is 0 Å². The number of likely N-dealkylation sites (tertiary alicyclic amines) is 1. The predicted octanol–water partition coefficient (Wildman–Crippen LogP) is 2.67. The number of fused-ring (bicyclic) bond motifs is 1. The SMILES string of the molecule is Cc1cc2ccccc2n1CC(=O)N1C[C@@H](C(F)(F)F)[C@H](C(=O)O)C1. The van der Waals surface area contributed by atoms with E-state index in [1.54, 1.807) is 4.57 Å². The maximum atomic E-state index is 13.1. The van der Waals surface area contributed by atoms with Gasteiger partial charge in [0.05, 0.1) is 11.8 Å². The van der Waals surface area contributed by atoms with E-state index in [2.05, 4.69) is 0 Å². The summed E-state index contributed by atoms with van der Waals surface area (Å²) in [4.78, 5) is 24.6. The van der Waals surface area contributed by atoms with Crippen molar-refractivity contribution < 1.29 is 27.9 Å². The third-order valence-electron chi connectivity index (χ3n) is 4.72. The fourth-order valence-electron chi connectivity index (χ4n) is 3.38. The molecule has 8 heteroatoms. The largest absolute Gasteiger partial charge is 0.481 e. The number of carbonyl (C=O) groups is 2. The van der Waals surface area contributed by atoms with Gasteiger partial charge in [-0.1, -0.05) is 18.2 Å². The van der Waals surface area contributed by atoms with E-state index in [9.17, 15) is 22.8 Å². The molecule has 0 aliphatic carbocycles. The summed E-state index contributed by atoms with van der Waals surface area (Å²) in [5.41, 5.74) is 1.63. The van der Waals surface area contributed by atoms with Crippen LogP contribution < -0.4 is 0 Å². The number of rotatable bonds is 3. The summed E-state index contributed by atoms with van der Waals surface area (Å²) in [6.07, 6.45) is -4.64. The van der Waals surface area contributed by atoms with Gasteiger partial charge in [0.15, 0.2) is 0 Å². The van der Waals surface area contributed by atoms with Gasteiger partial charge in [0.25, 0.3) is 0 Å². The summed E-state index contributed by atoms with van der Waals surface area (Å²) in [6, 6.07) is 9.29. The zero-order valence-corrected chi connectivity index (χ0v) is 13.5. The number of carbonyl (C=O) groups excluding carboxylic acids is 1. The van der Waals surface area contributed by atoms with Crippen LogP contribution in [0.1, 0.15) is 5.69 Å². The number of benzene rings is 1. The van der Waals surface area contributed by atoms with E-state index in [-0.39, 0.29) is 6.54 Å². The van der Waals surface area contributed by atoms with Crippen molar-refractivity contribution in [3.05, 3.63) is 36.0 Å². The van der Waals surface area contributed by atoms with Gasteiger partial charge in [-0.25, -0.2) is 0 Å². The highest BCUT2D eigenvalue weighted by atomic mass is 19.4. The van der Waals surface area contributed by atoms with Crippen molar-refractivity contribution in [1.29, 1.82) is 0 Å². The van der Waals surface area contributed by atoms with Crippen LogP contribution in [0.15, 0.2) is 30.3 Å². The lowest BCUT2D eigenvalue weighted by Gasteiger charge is -2.19. The van der Waals surface area contributed by atoms with Crippen molar-refractivity contribution >= 4 is 22.8 Å². The van der Waals surface area contributed by atoms with E-state index in [0.29, 0.717) is 0 Å². The van der Waals surface area contributed by atoms with Crippen molar-refractivity contribution in [2.75, 3.05) is 13.1 Å². The van der Waals surface area contributed by atoms with Gasteiger partial charge in [0.1, 0.15) is 6.54 Å². The highest BCUT2D eigenvalue weighted by Crippen LogP contribution is 2.37. The van der Waals surface area contributed by atoms with Crippen molar-refractivity contribution in [1.82, 2.24) is 9.47 Å². The number of nitrogens with zero attached hydrogens (tertiary/aromatic N) is 2. The van der Waals surface area contributed by atoms with Gasteiger partial charge in [-0.05, 0) is 24.4 Å². The van der Waals surface area contributed by atoms with Gasteiger partial charge in [-0.2, -0.15) is 13.2 Å². The number of amides is 1. The number of aryl methyl sites for hydroxylation is 1. The van der Waals surface area contributed by atoms with E-state index in [1.807, 2.05) is 37.3 Å². The van der Waals surface area contributed by atoms with Crippen LogP contribution in [-0.4, -0.2) is 45.7 Å². The van der Waals surface area contributed by atoms with Gasteiger partial charge < -0.3 is 14.6 Å². The first-order chi connectivity index (χ1) is 11.7. The molecule has 0 radical (unpaired) electrons. The Hall–Kier alpha value is -2.51. The second-order valence-electron chi connectivity index (χ2n) is 6.32. The van der Waals surface area contributed by atoms with Gasteiger partial charge in [-0.3, -0.25) is 9.59 Å². The van der Waals surface area contributed by atoms with E-state index < -0.39 is 43.0 Å². The molecule has 1 fully saturated rings. The fraction of sp³-hybridized carbons (Fsp3) is 0.412. The van der Waals surface area contributed by atoms with Crippen LogP contribution in [0, 0.1) is 18.8 Å². The number of carboxylic acid groups (broad SMARTS) is 1. The molecule has 1 aliphatic heterocycles. The standard InChI is InChI=1S/C17H17F3N2O3/c1-10-6-11-4-2-3-5-14(11)22(10)9-15(23)21-7-12(16(24)25)13(8-21)17(18,19)20/h2-6,12-13H,7-9H2,1H3,(H,24,25)/t12-,13-/m1/s1.